The summed E-state index contributed by atoms with van der Waals surface area (Å²) in [5, 5.41) is 8.59. The minimum absolute atomic E-state index is 0.209. The van der Waals surface area contributed by atoms with E-state index in [9.17, 15) is 9.59 Å². The number of aromatic nitrogens is 1. The molecule has 0 aromatic carbocycles. The molecule has 0 saturated carbocycles. The Balaban J connectivity index is 3.02. The summed E-state index contributed by atoms with van der Waals surface area (Å²) in [4.78, 5) is 26.8. The van der Waals surface area contributed by atoms with Gasteiger partial charge in [0.15, 0.2) is 0 Å². The monoisotopic (exact) mass is 209 g/mol. The average molecular weight is 209 g/mol. The topological polar surface area (TPSA) is 96.5 Å². The first-order valence-corrected chi connectivity index (χ1v) is 4.20. The quantitative estimate of drug-likeness (QED) is 0.709. The molecule has 15 heavy (non-hydrogen) atoms. The highest BCUT2D eigenvalue weighted by Crippen LogP contribution is 2.14. The zero-order valence-electron chi connectivity index (χ0n) is 8.17. The number of nitrogens with two attached hydrogens (primary N) is 1. The Bertz CT molecular complexity index is 392. The van der Waals surface area contributed by atoms with Crippen molar-refractivity contribution in [1.82, 2.24) is 4.98 Å². The zero-order chi connectivity index (χ0) is 11.4. The van der Waals surface area contributed by atoms with Gasteiger partial charge < -0.3 is 15.7 Å². The number of hydrogen-bond donors (Lipinski definition) is 2. The van der Waals surface area contributed by atoms with E-state index < -0.39 is 11.9 Å². The smallest absolute Gasteiger partial charge is 0.323 e. The molecule has 0 fully saturated rings. The van der Waals surface area contributed by atoms with Crippen molar-refractivity contribution in [3.63, 3.8) is 0 Å². The Morgan fingerprint density at radius 1 is 1.60 bits per heavy atom. The maximum absolute atomic E-state index is 11.0. The van der Waals surface area contributed by atoms with Crippen LogP contribution >= 0.6 is 0 Å². The van der Waals surface area contributed by atoms with Gasteiger partial charge in [-0.2, -0.15) is 0 Å². The van der Waals surface area contributed by atoms with E-state index in [0.29, 0.717) is 0 Å². The molecule has 1 heterocycles. The Kier molecular flexibility index (Phi) is 3.22. The third-order valence-electron chi connectivity index (χ3n) is 1.79. The van der Waals surface area contributed by atoms with Crippen molar-refractivity contribution in [1.29, 1.82) is 0 Å². The molecular formula is C9H11N3O3. The van der Waals surface area contributed by atoms with Gasteiger partial charge in [-0.15, -0.1) is 0 Å². The summed E-state index contributed by atoms with van der Waals surface area (Å²) in [7, 11) is 1.53. The number of carbonyl (C=O) groups excluding carboxylic acids is 1. The van der Waals surface area contributed by atoms with Gasteiger partial charge in [0.05, 0.1) is 5.56 Å². The first kappa shape index (κ1) is 11.0. The van der Waals surface area contributed by atoms with Crippen molar-refractivity contribution in [2.24, 2.45) is 5.73 Å². The van der Waals surface area contributed by atoms with Crippen LogP contribution in [-0.2, 0) is 4.79 Å². The zero-order valence-corrected chi connectivity index (χ0v) is 8.17. The van der Waals surface area contributed by atoms with Gasteiger partial charge in [-0.25, -0.2) is 4.98 Å². The summed E-state index contributed by atoms with van der Waals surface area (Å²) in [6, 6.07) is 3.07. The van der Waals surface area contributed by atoms with Crippen LogP contribution in [0.25, 0.3) is 0 Å². The van der Waals surface area contributed by atoms with Gasteiger partial charge in [0, 0.05) is 13.2 Å². The van der Waals surface area contributed by atoms with Gasteiger partial charge in [-0.05, 0) is 12.1 Å². The van der Waals surface area contributed by atoms with Gasteiger partial charge in [0.2, 0.25) is 0 Å². The van der Waals surface area contributed by atoms with Gasteiger partial charge in [-0.3, -0.25) is 9.59 Å². The first-order valence-electron chi connectivity index (χ1n) is 4.20. The van der Waals surface area contributed by atoms with Crippen LogP contribution in [-0.4, -0.2) is 35.6 Å². The lowest BCUT2D eigenvalue weighted by Gasteiger charge is -2.17. The second-order valence-corrected chi connectivity index (χ2v) is 2.99. The molecule has 0 saturated heterocycles. The van der Waals surface area contributed by atoms with Gasteiger partial charge in [-0.1, -0.05) is 0 Å². The van der Waals surface area contributed by atoms with Crippen molar-refractivity contribution in [2.75, 3.05) is 18.5 Å². The van der Waals surface area contributed by atoms with E-state index in [4.69, 9.17) is 10.8 Å². The normalized spacial score (nSPS) is 9.67. The van der Waals surface area contributed by atoms with Crippen LogP contribution in [0.3, 0.4) is 0 Å². The Morgan fingerprint density at radius 2 is 2.27 bits per heavy atom. The van der Waals surface area contributed by atoms with Crippen molar-refractivity contribution in [3.05, 3.63) is 23.9 Å². The van der Waals surface area contributed by atoms with Gasteiger partial charge in [0.1, 0.15) is 12.4 Å². The number of carboxylic acids is 1. The number of rotatable bonds is 4. The van der Waals surface area contributed by atoms with E-state index in [1.165, 1.54) is 24.2 Å². The Labute approximate surface area is 86.3 Å². The molecule has 0 aliphatic rings. The van der Waals surface area contributed by atoms with Crippen molar-refractivity contribution < 1.29 is 14.7 Å². The van der Waals surface area contributed by atoms with Crippen LogP contribution in [0.15, 0.2) is 18.3 Å². The van der Waals surface area contributed by atoms with Crippen LogP contribution in [0, 0.1) is 0 Å². The number of nitrogens with zero attached hydrogens (tertiary/aromatic N) is 2. The number of carbonyl (C=O) groups is 2. The predicted molar refractivity (Wildman–Crippen MR) is 53.7 cm³/mol. The number of anilines is 1. The summed E-state index contributed by atoms with van der Waals surface area (Å²) < 4.78 is 0. The van der Waals surface area contributed by atoms with Gasteiger partial charge in [0.25, 0.3) is 5.91 Å². The number of pyridine rings is 1. The fourth-order valence-electron chi connectivity index (χ4n) is 1.17. The summed E-state index contributed by atoms with van der Waals surface area (Å²) in [6.07, 6.45) is 1.47. The molecule has 0 atom stereocenters. The molecule has 1 aromatic heterocycles. The average Bonchev–Trinajstić information content (AvgIpc) is 2.16. The third-order valence-corrected chi connectivity index (χ3v) is 1.79. The highest BCUT2D eigenvalue weighted by atomic mass is 16.4. The predicted octanol–water partition coefficient (Wildman–Crippen LogP) is -0.299. The standard InChI is InChI=1S/C9H11N3O3/c1-12(5-7(13)14)9-6(8(10)15)3-2-4-11-9/h2-4H,5H2,1H3,(H2,10,15)(H,13,14). The van der Waals surface area contributed by atoms with E-state index in [1.54, 1.807) is 6.07 Å². The molecule has 1 amide bonds. The molecule has 80 valence electrons. The second kappa shape index (κ2) is 4.41. The van der Waals surface area contributed by atoms with E-state index in [2.05, 4.69) is 4.98 Å². The molecule has 6 heteroatoms. The van der Waals surface area contributed by atoms with Crippen LogP contribution < -0.4 is 10.6 Å². The van der Waals surface area contributed by atoms with E-state index in [-0.39, 0.29) is 17.9 Å². The molecule has 0 radical (unpaired) electrons. The van der Waals surface area contributed by atoms with Crippen LogP contribution in [0.2, 0.25) is 0 Å². The maximum Gasteiger partial charge on any atom is 0.323 e. The number of primary amides is 1. The molecular weight excluding hydrogens is 198 g/mol. The number of carboxylic acid groups (broad SMARTS) is 1. The molecule has 0 bridgehead atoms. The van der Waals surface area contributed by atoms with Crippen molar-refractivity contribution in [3.8, 4) is 0 Å². The highest BCUT2D eigenvalue weighted by molar-refractivity contribution is 5.98. The summed E-state index contributed by atoms with van der Waals surface area (Å²) in [5.74, 6) is -1.36. The number of amides is 1. The summed E-state index contributed by atoms with van der Waals surface area (Å²) >= 11 is 0. The van der Waals surface area contributed by atoms with E-state index in [1.807, 2.05) is 0 Å². The molecule has 1 rings (SSSR count). The van der Waals surface area contributed by atoms with Crippen LogP contribution in [0.5, 0.6) is 0 Å². The first-order chi connectivity index (χ1) is 7.02. The molecule has 1 aromatic rings. The lowest BCUT2D eigenvalue weighted by Crippen LogP contribution is -2.28. The third kappa shape index (κ3) is 2.67. The summed E-state index contributed by atoms with van der Waals surface area (Å²) in [6.45, 7) is -0.239. The molecule has 6 nitrogen and oxygen atoms in total. The van der Waals surface area contributed by atoms with Crippen LogP contribution in [0.4, 0.5) is 5.82 Å². The van der Waals surface area contributed by atoms with Crippen LogP contribution in [0.1, 0.15) is 10.4 Å². The molecule has 0 aliphatic heterocycles. The lowest BCUT2D eigenvalue weighted by molar-refractivity contribution is -0.135. The molecule has 0 unspecified atom stereocenters. The number of aliphatic carboxylic acids is 1. The minimum Gasteiger partial charge on any atom is -0.480 e. The maximum atomic E-state index is 11.0. The SMILES string of the molecule is CN(CC(=O)O)c1ncccc1C(N)=O. The Morgan fingerprint density at radius 3 is 2.80 bits per heavy atom. The molecule has 0 aliphatic carbocycles. The van der Waals surface area contributed by atoms with Gasteiger partial charge >= 0.3 is 5.97 Å². The highest BCUT2D eigenvalue weighted by Gasteiger charge is 2.14. The lowest BCUT2D eigenvalue weighted by atomic mass is 10.2. The van der Waals surface area contributed by atoms with Crippen molar-refractivity contribution >= 4 is 17.7 Å². The number of likely N-dealkylation sites (N-methyl/N-ethyl adjacent to an activating group) is 1. The molecule has 3 N–H and O–H groups in total. The second-order valence-electron chi connectivity index (χ2n) is 2.99. The fraction of sp³-hybridized carbons (Fsp3) is 0.222. The molecule has 0 spiro atoms. The Hall–Kier alpha value is -2.11. The number of hydrogen-bond acceptors (Lipinski definition) is 4. The fourth-order valence-corrected chi connectivity index (χ4v) is 1.17. The summed E-state index contributed by atoms with van der Waals surface area (Å²) in [5.41, 5.74) is 5.34. The largest absolute Gasteiger partial charge is 0.480 e. The minimum atomic E-state index is -1.00. The van der Waals surface area contributed by atoms with Crippen molar-refractivity contribution in [2.45, 2.75) is 0 Å². The van der Waals surface area contributed by atoms with E-state index in [0.717, 1.165) is 0 Å². The van der Waals surface area contributed by atoms with E-state index >= 15 is 0 Å².